The largest absolute Gasteiger partial charge is 0.477 e. The van der Waals surface area contributed by atoms with Gasteiger partial charge in [0.2, 0.25) is 5.91 Å². The summed E-state index contributed by atoms with van der Waals surface area (Å²) in [7, 11) is 1.60. The fourth-order valence-electron chi connectivity index (χ4n) is 1.90. The summed E-state index contributed by atoms with van der Waals surface area (Å²) in [4.78, 5) is 24.6. The van der Waals surface area contributed by atoms with Crippen molar-refractivity contribution in [3.8, 4) is 6.07 Å². The molecule has 0 unspecified atom stereocenters. The number of anilines is 1. The molecule has 6 heteroatoms. The number of likely N-dealkylation sites (N-methyl/N-ethyl adjacent to an activating group) is 1. The Kier molecular flexibility index (Phi) is 4.05. The number of carbonyl (C=O) groups is 2. The standard InChI is InChI=1S/C15H13N3O3/c1-17(12-6-4-11(9-16)5-7-12)14(19)10-18-8-2-3-13(18)15(20)21/h2-8H,10H2,1H3,(H,20,21). The summed E-state index contributed by atoms with van der Waals surface area (Å²) in [5.74, 6) is -1.33. The Labute approximate surface area is 121 Å². The van der Waals surface area contributed by atoms with Gasteiger partial charge < -0.3 is 14.6 Å². The summed E-state index contributed by atoms with van der Waals surface area (Å²) in [6.45, 7) is -0.0644. The number of hydrogen-bond donors (Lipinski definition) is 1. The van der Waals surface area contributed by atoms with Crippen LogP contribution in [-0.4, -0.2) is 28.6 Å². The number of carbonyl (C=O) groups excluding carboxylic acids is 1. The Hall–Kier alpha value is -3.07. The molecule has 2 aromatic rings. The lowest BCUT2D eigenvalue weighted by molar-refractivity contribution is -0.118. The Balaban J connectivity index is 2.14. The smallest absolute Gasteiger partial charge is 0.352 e. The van der Waals surface area contributed by atoms with Crippen LogP contribution in [0.1, 0.15) is 16.1 Å². The molecule has 0 saturated carbocycles. The van der Waals surface area contributed by atoms with Gasteiger partial charge in [-0.25, -0.2) is 4.79 Å². The van der Waals surface area contributed by atoms with Crippen molar-refractivity contribution in [2.75, 3.05) is 11.9 Å². The Bertz CT molecular complexity index is 711. The average molecular weight is 283 g/mol. The second kappa shape index (κ2) is 5.92. The molecule has 106 valence electrons. The summed E-state index contributed by atoms with van der Waals surface area (Å²) in [5, 5.41) is 17.7. The highest BCUT2D eigenvalue weighted by atomic mass is 16.4. The van der Waals surface area contributed by atoms with E-state index in [-0.39, 0.29) is 18.1 Å². The molecule has 1 aromatic carbocycles. The molecule has 0 bridgehead atoms. The molecule has 1 amide bonds. The number of hydrogen-bond acceptors (Lipinski definition) is 3. The van der Waals surface area contributed by atoms with E-state index in [4.69, 9.17) is 10.4 Å². The predicted octanol–water partition coefficient (Wildman–Crippen LogP) is 1.72. The highest BCUT2D eigenvalue weighted by molar-refractivity contribution is 5.93. The van der Waals surface area contributed by atoms with Crippen molar-refractivity contribution in [3.05, 3.63) is 53.9 Å². The van der Waals surface area contributed by atoms with Gasteiger partial charge in [0.15, 0.2) is 0 Å². The van der Waals surface area contributed by atoms with Gasteiger partial charge in [-0.2, -0.15) is 5.26 Å². The number of aromatic carboxylic acids is 1. The average Bonchev–Trinajstić information content (AvgIpc) is 2.95. The zero-order valence-electron chi connectivity index (χ0n) is 11.4. The second-order valence-corrected chi connectivity index (χ2v) is 4.44. The van der Waals surface area contributed by atoms with E-state index in [1.807, 2.05) is 6.07 Å². The van der Waals surface area contributed by atoms with Crippen molar-refractivity contribution in [1.82, 2.24) is 4.57 Å². The number of amides is 1. The zero-order valence-corrected chi connectivity index (χ0v) is 11.4. The molecule has 1 heterocycles. The van der Waals surface area contributed by atoms with E-state index >= 15 is 0 Å². The molecule has 1 aromatic heterocycles. The minimum atomic E-state index is -1.08. The first-order valence-corrected chi connectivity index (χ1v) is 6.18. The molecule has 1 N–H and O–H groups in total. The Morgan fingerprint density at radius 1 is 1.29 bits per heavy atom. The molecular formula is C15H13N3O3. The summed E-state index contributed by atoms with van der Waals surface area (Å²) in [5.41, 5.74) is 1.22. The lowest BCUT2D eigenvalue weighted by Crippen LogP contribution is -2.30. The van der Waals surface area contributed by atoms with Crippen LogP contribution < -0.4 is 4.90 Å². The molecule has 6 nitrogen and oxygen atoms in total. The first-order valence-electron chi connectivity index (χ1n) is 6.18. The van der Waals surface area contributed by atoms with Crippen LogP contribution in [0.15, 0.2) is 42.6 Å². The number of nitrogens with zero attached hydrogens (tertiary/aromatic N) is 3. The topological polar surface area (TPSA) is 86.3 Å². The fraction of sp³-hybridized carbons (Fsp3) is 0.133. The molecule has 21 heavy (non-hydrogen) atoms. The number of nitriles is 1. The van der Waals surface area contributed by atoms with E-state index in [1.165, 1.54) is 15.5 Å². The summed E-state index contributed by atoms with van der Waals surface area (Å²) >= 11 is 0. The first kappa shape index (κ1) is 14.3. The van der Waals surface area contributed by atoms with Crippen molar-refractivity contribution in [3.63, 3.8) is 0 Å². The van der Waals surface area contributed by atoms with Gasteiger partial charge in [0.25, 0.3) is 0 Å². The van der Waals surface area contributed by atoms with Crippen molar-refractivity contribution in [1.29, 1.82) is 5.26 Å². The molecule has 0 aliphatic heterocycles. The predicted molar refractivity (Wildman–Crippen MR) is 76.0 cm³/mol. The normalized spacial score (nSPS) is 9.90. The molecule has 0 fully saturated rings. The van der Waals surface area contributed by atoms with Crippen LogP contribution in [0.25, 0.3) is 0 Å². The number of carboxylic acid groups (broad SMARTS) is 1. The third-order valence-electron chi connectivity index (χ3n) is 3.11. The maximum atomic E-state index is 12.2. The third-order valence-corrected chi connectivity index (χ3v) is 3.11. The summed E-state index contributed by atoms with van der Waals surface area (Å²) in [6.07, 6.45) is 1.55. The SMILES string of the molecule is CN(C(=O)Cn1cccc1C(=O)O)c1ccc(C#N)cc1. The van der Waals surface area contributed by atoms with Crippen LogP contribution in [-0.2, 0) is 11.3 Å². The number of carboxylic acids is 1. The van der Waals surface area contributed by atoms with Crippen molar-refractivity contribution in [2.45, 2.75) is 6.54 Å². The third kappa shape index (κ3) is 3.09. The minimum absolute atomic E-state index is 0.0644. The number of rotatable bonds is 4. The van der Waals surface area contributed by atoms with Crippen LogP contribution in [0, 0.1) is 11.3 Å². The van der Waals surface area contributed by atoms with Crippen LogP contribution >= 0.6 is 0 Å². The molecular weight excluding hydrogens is 270 g/mol. The van der Waals surface area contributed by atoms with Gasteiger partial charge in [0.1, 0.15) is 12.2 Å². The summed E-state index contributed by atoms with van der Waals surface area (Å²) in [6, 6.07) is 11.6. The van der Waals surface area contributed by atoms with Gasteiger partial charge in [0.05, 0.1) is 11.6 Å². The van der Waals surface area contributed by atoms with Crippen LogP contribution in [0.4, 0.5) is 5.69 Å². The van der Waals surface area contributed by atoms with E-state index in [0.717, 1.165) is 0 Å². The first-order chi connectivity index (χ1) is 10.0. The van der Waals surface area contributed by atoms with Crippen LogP contribution in [0.2, 0.25) is 0 Å². The molecule has 0 saturated heterocycles. The van der Waals surface area contributed by atoms with E-state index in [0.29, 0.717) is 11.3 Å². The Morgan fingerprint density at radius 2 is 1.95 bits per heavy atom. The molecule has 0 spiro atoms. The quantitative estimate of drug-likeness (QED) is 0.925. The highest BCUT2D eigenvalue weighted by Crippen LogP contribution is 2.14. The minimum Gasteiger partial charge on any atom is -0.477 e. The van der Waals surface area contributed by atoms with Crippen molar-refractivity contribution < 1.29 is 14.7 Å². The van der Waals surface area contributed by atoms with Gasteiger partial charge in [-0.15, -0.1) is 0 Å². The van der Waals surface area contributed by atoms with Gasteiger partial charge in [-0.1, -0.05) is 0 Å². The van der Waals surface area contributed by atoms with Crippen molar-refractivity contribution in [2.24, 2.45) is 0 Å². The van der Waals surface area contributed by atoms with E-state index in [2.05, 4.69) is 0 Å². The molecule has 2 rings (SSSR count). The lowest BCUT2D eigenvalue weighted by Gasteiger charge is -2.18. The zero-order chi connectivity index (χ0) is 15.4. The Morgan fingerprint density at radius 3 is 2.52 bits per heavy atom. The van der Waals surface area contributed by atoms with E-state index in [9.17, 15) is 9.59 Å². The monoisotopic (exact) mass is 283 g/mol. The molecule has 0 aliphatic carbocycles. The molecule has 0 atom stereocenters. The summed E-state index contributed by atoms with van der Waals surface area (Å²) < 4.78 is 1.38. The maximum absolute atomic E-state index is 12.2. The van der Waals surface area contributed by atoms with Gasteiger partial charge in [-0.05, 0) is 36.4 Å². The molecule has 0 aliphatic rings. The second-order valence-electron chi connectivity index (χ2n) is 4.44. The van der Waals surface area contributed by atoms with Gasteiger partial charge in [0, 0.05) is 18.9 Å². The number of aromatic nitrogens is 1. The van der Waals surface area contributed by atoms with E-state index in [1.54, 1.807) is 43.6 Å². The lowest BCUT2D eigenvalue weighted by atomic mass is 10.2. The van der Waals surface area contributed by atoms with Crippen LogP contribution in [0.3, 0.4) is 0 Å². The van der Waals surface area contributed by atoms with Crippen LogP contribution in [0.5, 0.6) is 0 Å². The van der Waals surface area contributed by atoms with E-state index < -0.39 is 5.97 Å². The molecule has 0 radical (unpaired) electrons. The fourth-order valence-corrected chi connectivity index (χ4v) is 1.90. The highest BCUT2D eigenvalue weighted by Gasteiger charge is 2.15. The van der Waals surface area contributed by atoms with Gasteiger partial charge >= 0.3 is 5.97 Å². The van der Waals surface area contributed by atoms with Gasteiger partial charge in [-0.3, -0.25) is 4.79 Å². The van der Waals surface area contributed by atoms with Crippen molar-refractivity contribution >= 4 is 17.6 Å². The maximum Gasteiger partial charge on any atom is 0.352 e. The number of benzene rings is 1.